The Bertz CT molecular complexity index is 790. The molecule has 3 aromatic rings. The van der Waals surface area contributed by atoms with E-state index >= 15 is 0 Å². The van der Waals surface area contributed by atoms with E-state index in [2.05, 4.69) is 20.8 Å². The average molecular weight is 333 g/mol. The van der Waals surface area contributed by atoms with Gasteiger partial charge in [-0.25, -0.2) is 4.39 Å². The fraction of sp³-hybridized carbons (Fsp3) is 0.143. The molecular weight excluding hydrogens is 321 g/mol. The number of rotatable bonds is 6. The summed E-state index contributed by atoms with van der Waals surface area (Å²) in [5.74, 6) is 0.133. The number of nitrogens with zero attached hydrogens (tertiary/aromatic N) is 4. The van der Waals surface area contributed by atoms with Gasteiger partial charge < -0.3 is 9.73 Å². The lowest BCUT2D eigenvalue weighted by molar-refractivity contribution is -0.118. The fourth-order valence-electron chi connectivity index (χ4n) is 1.82. The first-order chi connectivity index (χ1) is 11.2. The Labute approximate surface area is 134 Å². The highest BCUT2D eigenvalue weighted by molar-refractivity contribution is 7.99. The topological polar surface area (TPSA) is 85.8 Å². The molecule has 1 amide bonds. The van der Waals surface area contributed by atoms with Crippen LogP contribution in [-0.2, 0) is 11.3 Å². The molecule has 2 heterocycles. The lowest BCUT2D eigenvalue weighted by atomic mass is 10.3. The average Bonchev–Trinajstić information content (AvgIpc) is 3.23. The Kier molecular flexibility index (Phi) is 4.67. The minimum atomic E-state index is -0.441. The molecule has 9 heteroatoms. The van der Waals surface area contributed by atoms with Crippen molar-refractivity contribution in [1.82, 2.24) is 25.5 Å². The van der Waals surface area contributed by atoms with Gasteiger partial charge in [0, 0.05) is 0 Å². The smallest absolute Gasteiger partial charge is 0.230 e. The lowest BCUT2D eigenvalue weighted by Gasteiger charge is -2.05. The highest BCUT2D eigenvalue weighted by Crippen LogP contribution is 2.19. The summed E-state index contributed by atoms with van der Waals surface area (Å²) in [4.78, 5) is 11.8. The first-order valence-electron chi connectivity index (χ1n) is 6.69. The maximum atomic E-state index is 13.8. The third-order valence-electron chi connectivity index (χ3n) is 2.89. The quantitative estimate of drug-likeness (QED) is 0.692. The second kappa shape index (κ2) is 7.05. The molecule has 0 fully saturated rings. The van der Waals surface area contributed by atoms with Crippen LogP contribution in [0.3, 0.4) is 0 Å². The van der Waals surface area contributed by atoms with E-state index in [0.29, 0.717) is 17.5 Å². The Balaban J connectivity index is 1.60. The zero-order valence-corrected chi connectivity index (χ0v) is 12.7. The van der Waals surface area contributed by atoms with Crippen molar-refractivity contribution < 1.29 is 13.6 Å². The maximum absolute atomic E-state index is 13.8. The van der Waals surface area contributed by atoms with Gasteiger partial charge in [0.15, 0.2) is 0 Å². The van der Waals surface area contributed by atoms with Gasteiger partial charge in [-0.1, -0.05) is 23.9 Å². The summed E-state index contributed by atoms with van der Waals surface area (Å²) >= 11 is 1.12. The highest BCUT2D eigenvalue weighted by atomic mass is 32.2. The van der Waals surface area contributed by atoms with Gasteiger partial charge in [0.1, 0.15) is 17.3 Å². The molecule has 0 bridgehead atoms. The van der Waals surface area contributed by atoms with Crippen molar-refractivity contribution in [3.63, 3.8) is 0 Å². The number of para-hydroxylation sites is 1. The molecule has 0 unspecified atom stereocenters. The summed E-state index contributed by atoms with van der Waals surface area (Å²) in [6.45, 7) is 0.310. The number of amides is 1. The van der Waals surface area contributed by atoms with Gasteiger partial charge in [-0.3, -0.25) is 4.79 Å². The fourth-order valence-corrected chi connectivity index (χ4v) is 2.54. The molecule has 2 aromatic heterocycles. The van der Waals surface area contributed by atoms with Crippen LogP contribution in [0.25, 0.3) is 5.69 Å². The number of carbonyl (C=O) groups is 1. The van der Waals surface area contributed by atoms with Crippen molar-refractivity contribution in [2.45, 2.75) is 11.7 Å². The number of thioether (sulfide) groups is 1. The van der Waals surface area contributed by atoms with Crippen molar-refractivity contribution in [2.75, 3.05) is 5.75 Å². The van der Waals surface area contributed by atoms with Gasteiger partial charge in [-0.05, 0) is 34.7 Å². The number of hydrogen-bond acceptors (Lipinski definition) is 6. The second-order valence-electron chi connectivity index (χ2n) is 4.47. The van der Waals surface area contributed by atoms with Crippen LogP contribution in [-0.4, -0.2) is 31.9 Å². The Morgan fingerprint density at radius 2 is 2.17 bits per heavy atom. The Morgan fingerprint density at radius 3 is 2.96 bits per heavy atom. The van der Waals surface area contributed by atoms with E-state index in [4.69, 9.17) is 4.42 Å². The Hall–Kier alpha value is -2.68. The molecule has 1 aromatic carbocycles. The van der Waals surface area contributed by atoms with Crippen LogP contribution < -0.4 is 5.32 Å². The normalized spacial score (nSPS) is 10.7. The van der Waals surface area contributed by atoms with Crippen molar-refractivity contribution in [1.29, 1.82) is 0 Å². The van der Waals surface area contributed by atoms with Gasteiger partial charge in [0.05, 0.1) is 18.6 Å². The van der Waals surface area contributed by atoms with Crippen LogP contribution in [0.2, 0.25) is 0 Å². The predicted octanol–water partition coefficient (Wildman–Crippen LogP) is 1.80. The predicted molar refractivity (Wildman–Crippen MR) is 80.4 cm³/mol. The molecule has 0 atom stereocenters. The molecular formula is C14H12FN5O2S. The molecule has 0 saturated heterocycles. The van der Waals surface area contributed by atoms with Gasteiger partial charge >= 0.3 is 0 Å². The molecule has 7 nitrogen and oxygen atoms in total. The van der Waals surface area contributed by atoms with Crippen LogP contribution in [0.5, 0.6) is 0 Å². The van der Waals surface area contributed by atoms with E-state index in [1.165, 1.54) is 10.7 Å². The number of furan rings is 1. The van der Waals surface area contributed by atoms with E-state index in [0.717, 1.165) is 11.8 Å². The molecule has 118 valence electrons. The van der Waals surface area contributed by atoms with Crippen molar-refractivity contribution in [2.24, 2.45) is 0 Å². The largest absolute Gasteiger partial charge is 0.467 e. The van der Waals surface area contributed by atoms with E-state index in [-0.39, 0.29) is 17.3 Å². The van der Waals surface area contributed by atoms with Crippen molar-refractivity contribution in [3.8, 4) is 5.69 Å². The summed E-state index contributed by atoms with van der Waals surface area (Å²) in [5, 5.41) is 14.2. The first-order valence-corrected chi connectivity index (χ1v) is 7.68. The van der Waals surface area contributed by atoms with E-state index in [1.54, 1.807) is 36.6 Å². The SMILES string of the molecule is O=C(CSc1nnnn1-c1ccccc1F)NCc1ccco1. The van der Waals surface area contributed by atoms with Gasteiger partial charge in [-0.2, -0.15) is 4.68 Å². The number of nitrogens with one attached hydrogen (secondary N) is 1. The van der Waals surface area contributed by atoms with E-state index in [1.807, 2.05) is 0 Å². The summed E-state index contributed by atoms with van der Waals surface area (Å²) in [6.07, 6.45) is 1.54. The number of benzene rings is 1. The van der Waals surface area contributed by atoms with Gasteiger partial charge in [-0.15, -0.1) is 5.10 Å². The molecule has 0 radical (unpaired) electrons. The second-order valence-corrected chi connectivity index (χ2v) is 5.41. The number of aromatic nitrogens is 4. The molecule has 0 aliphatic rings. The number of carbonyl (C=O) groups excluding carboxylic acids is 1. The van der Waals surface area contributed by atoms with Crippen molar-refractivity contribution >= 4 is 17.7 Å². The third-order valence-corrected chi connectivity index (χ3v) is 3.81. The standard InChI is InChI=1S/C14H12FN5O2S/c15-11-5-1-2-6-12(11)20-14(17-18-19-20)23-9-13(21)16-8-10-4-3-7-22-10/h1-7H,8-9H2,(H,16,21). The summed E-state index contributed by atoms with van der Waals surface area (Å²) < 4.78 is 20.2. The summed E-state index contributed by atoms with van der Waals surface area (Å²) in [7, 11) is 0. The van der Waals surface area contributed by atoms with Crippen LogP contribution >= 0.6 is 11.8 Å². The molecule has 0 saturated carbocycles. The Morgan fingerprint density at radius 1 is 1.30 bits per heavy atom. The maximum Gasteiger partial charge on any atom is 0.230 e. The van der Waals surface area contributed by atoms with Crippen molar-refractivity contribution in [3.05, 3.63) is 54.2 Å². The van der Waals surface area contributed by atoms with Gasteiger partial charge in [0.2, 0.25) is 11.1 Å². The number of halogens is 1. The van der Waals surface area contributed by atoms with Gasteiger partial charge in [0.25, 0.3) is 0 Å². The monoisotopic (exact) mass is 333 g/mol. The summed E-state index contributed by atoms with van der Waals surface area (Å²) in [6, 6.07) is 9.67. The zero-order chi connectivity index (χ0) is 16.1. The van der Waals surface area contributed by atoms with Crippen LogP contribution in [0.4, 0.5) is 4.39 Å². The first kappa shape index (κ1) is 15.2. The minimum absolute atomic E-state index is 0.107. The van der Waals surface area contributed by atoms with Crippen LogP contribution in [0.15, 0.2) is 52.2 Å². The minimum Gasteiger partial charge on any atom is -0.467 e. The highest BCUT2D eigenvalue weighted by Gasteiger charge is 2.14. The van der Waals surface area contributed by atoms with Crippen LogP contribution in [0, 0.1) is 5.82 Å². The summed E-state index contributed by atoms with van der Waals surface area (Å²) in [5.41, 5.74) is 0.232. The molecule has 3 rings (SSSR count). The number of hydrogen-bond donors (Lipinski definition) is 1. The molecule has 23 heavy (non-hydrogen) atoms. The zero-order valence-electron chi connectivity index (χ0n) is 11.8. The molecule has 0 aliphatic carbocycles. The molecule has 1 N–H and O–H groups in total. The number of tetrazole rings is 1. The molecule has 0 spiro atoms. The van der Waals surface area contributed by atoms with E-state index in [9.17, 15) is 9.18 Å². The third kappa shape index (κ3) is 3.75. The van der Waals surface area contributed by atoms with Crippen LogP contribution in [0.1, 0.15) is 5.76 Å². The van der Waals surface area contributed by atoms with E-state index < -0.39 is 5.82 Å². The molecule has 0 aliphatic heterocycles. The lowest BCUT2D eigenvalue weighted by Crippen LogP contribution is -2.24.